The third kappa shape index (κ3) is 2.57. The first-order valence-electron chi connectivity index (χ1n) is 5.96. The SMILES string of the molecule is CC(=O)Oc1ccc(-n2c(C)cc(C=O)c2C)cc1. The molecule has 1 heterocycles. The summed E-state index contributed by atoms with van der Waals surface area (Å²) in [5.41, 5.74) is 3.49. The lowest BCUT2D eigenvalue weighted by Gasteiger charge is -2.10. The van der Waals surface area contributed by atoms with Crippen LogP contribution in [-0.2, 0) is 4.79 Å². The fourth-order valence-electron chi connectivity index (χ4n) is 2.13. The van der Waals surface area contributed by atoms with Crippen molar-refractivity contribution in [2.75, 3.05) is 0 Å². The monoisotopic (exact) mass is 257 g/mol. The van der Waals surface area contributed by atoms with Crippen LogP contribution in [-0.4, -0.2) is 16.8 Å². The summed E-state index contributed by atoms with van der Waals surface area (Å²) in [5.74, 6) is 0.165. The van der Waals surface area contributed by atoms with Gasteiger partial charge in [0.25, 0.3) is 0 Å². The number of nitrogens with zero attached hydrogens (tertiary/aromatic N) is 1. The Kier molecular flexibility index (Phi) is 3.51. The number of benzene rings is 1. The molecule has 0 amide bonds. The number of ether oxygens (including phenoxy) is 1. The fraction of sp³-hybridized carbons (Fsp3) is 0.200. The van der Waals surface area contributed by atoms with Crippen LogP contribution in [0.25, 0.3) is 5.69 Å². The number of esters is 1. The van der Waals surface area contributed by atoms with E-state index in [0.29, 0.717) is 11.3 Å². The zero-order valence-electron chi connectivity index (χ0n) is 11.1. The highest BCUT2D eigenvalue weighted by Gasteiger charge is 2.10. The molecule has 1 aromatic carbocycles. The zero-order valence-corrected chi connectivity index (χ0v) is 11.1. The Hall–Kier alpha value is -2.36. The first-order valence-corrected chi connectivity index (χ1v) is 5.96. The summed E-state index contributed by atoms with van der Waals surface area (Å²) in [6.45, 7) is 5.21. The summed E-state index contributed by atoms with van der Waals surface area (Å²) < 4.78 is 6.97. The molecule has 4 heteroatoms. The van der Waals surface area contributed by atoms with Crippen molar-refractivity contribution in [3.63, 3.8) is 0 Å². The molecule has 0 unspecified atom stereocenters. The van der Waals surface area contributed by atoms with E-state index in [0.717, 1.165) is 23.4 Å². The second-order valence-electron chi connectivity index (χ2n) is 4.37. The first kappa shape index (κ1) is 13.1. The highest BCUT2D eigenvalue weighted by molar-refractivity contribution is 5.77. The maximum absolute atomic E-state index is 10.9. The Bertz CT molecular complexity index is 624. The minimum Gasteiger partial charge on any atom is -0.427 e. The van der Waals surface area contributed by atoms with E-state index >= 15 is 0 Å². The number of hydrogen-bond acceptors (Lipinski definition) is 3. The molecule has 0 bridgehead atoms. The summed E-state index contributed by atoms with van der Waals surface area (Å²) >= 11 is 0. The van der Waals surface area contributed by atoms with E-state index in [4.69, 9.17) is 4.74 Å². The van der Waals surface area contributed by atoms with E-state index in [1.54, 1.807) is 12.1 Å². The minimum absolute atomic E-state index is 0.343. The van der Waals surface area contributed by atoms with Gasteiger partial charge in [-0.2, -0.15) is 0 Å². The summed E-state index contributed by atoms with van der Waals surface area (Å²) in [6.07, 6.45) is 0.853. The van der Waals surface area contributed by atoms with Gasteiger partial charge in [-0.1, -0.05) is 0 Å². The van der Waals surface area contributed by atoms with Crippen molar-refractivity contribution in [1.82, 2.24) is 4.57 Å². The third-order valence-corrected chi connectivity index (χ3v) is 2.95. The molecule has 0 radical (unpaired) electrons. The molecule has 0 fully saturated rings. The Morgan fingerprint density at radius 3 is 2.32 bits per heavy atom. The lowest BCUT2D eigenvalue weighted by Crippen LogP contribution is -2.02. The summed E-state index contributed by atoms with van der Waals surface area (Å²) in [7, 11) is 0. The van der Waals surface area contributed by atoms with Crippen LogP contribution < -0.4 is 4.74 Å². The van der Waals surface area contributed by atoms with Gasteiger partial charge in [0.15, 0.2) is 6.29 Å². The van der Waals surface area contributed by atoms with Gasteiger partial charge in [-0.25, -0.2) is 0 Å². The van der Waals surface area contributed by atoms with Crippen LogP contribution in [0.5, 0.6) is 5.75 Å². The highest BCUT2D eigenvalue weighted by atomic mass is 16.5. The molecule has 0 aliphatic rings. The van der Waals surface area contributed by atoms with E-state index in [9.17, 15) is 9.59 Å². The first-order chi connectivity index (χ1) is 9.02. The van der Waals surface area contributed by atoms with Gasteiger partial charge in [-0.15, -0.1) is 0 Å². The highest BCUT2D eigenvalue weighted by Crippen LogP contribution is 2.22. The average Bonchev–Trinajstić information content (AvgIpc) is 2.65. The molecule has 0 atom stereocenters. The molecule has 1 aromatic heterocycles. The third-order valence-electron chi connectivity index (χ3n) is 2.95. The van der Waals surface area contributed by atoms with Crippen LogP contribution in [0.1, 0.15) is 28.7 Å². The predicted molar refractivity (Wildman–Crippen MR) is 71.9 cm³/mol. The lowest BCUT2D eigenvalue weighted by atomic mass is 10.2. The molecule has 0 aliphatic carbocycles. The topological polar surface area (TPSA) is 48.3 Å². The molecule has 98 valence electrons. The molecule has 0 aliphatic heterocycles. The van der Waals surface area contributed by atoms with Crippen molar-refractivity contribution in [1.29, 1.82) is 0 Å². The fourth-order valence-corrected chi connectivity index (χ4v) is 2.13. The number of rotatable bonds is 3. The van der Waals surface area contributed by atoms with E-state index < -0.39 is 0 Å². The molecular formula is C15H15NO3. The average molecular weight is 257 g/mol. The molecule has 2 rings (SSSR count). The molecule has 2 aromatic rings. The van der Waals surface area contributed by atoms with Crippen LogP contribution >= 0.6 is 0 Å². The van der Waals surface area contributed by atoms with E-state index in [1.165, 1.54) is 6.92 Å². The lowest BCUT2D eigenvalue weighted by molar-refractivity contribution is -0.131. The van der Waals surface area contributed by atoms with E-state index in [1.807, 2.05) is 36.6 Å². The second-order valence-corrected chi connectivity index (χ2v) is 4.37. The summed E-state index contributed by atoms with van der Waals surface area (Å²) in [5, 5.41) is 0. The summed E-state index contributed by atoms with van der Waals surface area (Å²) in [4.78, 5) is 21.8. The van der Waals surface area contributed by atoms with Crippen molar-refractivity contribution >= 4 is 12.3 Å². The number of aryl methyl sites for hydroxylation is 1. The maximum atomic E-state index is 10.9. The normalized spacial score (nSPS) is 10.3. The number of aromatic nitrogens is 1. The molecule has 0 N–H and O–H groups in total. The van der Waals surface area contributed by atoms with Crippen molar-refractivity contribution in [3.05, 3.63) is 47.3 Å². The largest absolute Gasteiger partial charge is 0.427 e. The van der Waals surface area contributed by atoms with Gasteiger partial charge in [-0.05, 0) is 44.2 Å². The number of aldehydes is 1. The number of carbonyl (C=O) groups is 2. The van der Waals surface area contributed by atoms with Gasteiger partial charge in [0.05, 0.1) is 0 Å². The quantitative estimate of drug-likeness (QED) is 0.482. The molecule has 0 saturated carbocycles. The van der Waals surface area contributed by atoms with E-state index in [-0.39, 0.29) is 5.97 Å². The van der Waals surface area contributed by atoms with Gasteiger partial charge in [0.2, 0.25) is 0 Å². The Balaban J connectivity index is 2.40. The molecule has 0 spiro atoms. The van der Waals surface area contributed by atoms with Crippen LogP contribution in [0.3, 0.4) is 0 Å². The van der Waals surface area contributed by atoms with Crippen LogP contribution in [0.2, 0.25) is 0 Å². The van der Waals surface area contributed by atoms with Gasteiger partial charge >= 0.3 is 5.97 Å². The molecule has 0 saturated heterocycles. The van der Waals surface area contributed by atoms with E-state index in [2.05, 4.69) is 0 Å². The zero-order chi connectivity index (χ0) is 14.0. The van der Waals surface area contributed by atoms with Gasteiger partial charge in [-0.3, -0.25) is 9.59 Å². The van der Waals surface area contributed by atoms with Gasteiger partial charge in [0, 0.05) is 29.6 Å². The Morgan fingerprint density at radius 2 is 1.84 bits per heavy atom. The van der Waals surface area contributed by atoms with Crippen molar-refractivity contribution < 1.29 is 14.3 Å². The number of carbonyl (C=O) groups excluding carboxylic acids is 2. The molecular weight excluding hydrogens is 242 g/mol. The summed E-state index contributed by atoms with van der Waals surface area (Å²) in [6, 6.07) is 9.02. The minimum atomic E-state index is -0.343. The molecule has 19 heavy (non-hydrogen) atoms. The van der Waals surface area contributed by atoms with Gasteiger partial charge in [0.1, 0.15) is 5.75 Å². The second kappa shape index (κ2) is 5.10. The van der Waals surface area contributed by atoms with Crippen molar-refractivity contribution in [2.24, 2.45) is 0 Å². The Labute approximate surface area is 111 Å². The predicted octanol–water partition coefficient (Wildman–Crippen LogP) is 2.83. The van der Waals surface area contributed by atoms with Crippen LogP contribution in [0.4, 0.5) is 0 Å². The Morgan fingerprint density at radius 1 is 1.21 bits per heavy atom. The molecule has 4 nitrogen and oxygen atoms in total. The van der Waals surface area contributed by atoms with Crippen molar-refractivity contribution in [3.8, 4) is 11.4 Å². The maximum Gasteiger partial charge on any atom is 0.308 e. The standard InChI is InChI=1S/C15H15NO3/c1-10-8-13(9-17)11(2)16(10)14-4-6-15(7-5-14)19-12(3)18/h4-9H,1-3H3. The van der Waals surface area contributed by atoms with Crippen LogP contribution in [0.15, 0.2) is 30.3 Å². The smallest absolute Gasteiger partial charge is 0.308 e. The van der Waals surface area contributed by atoms with Gasteiger partial charge < -0.3 is 9.30 Å². The van der Waals surface area contributed by atoms with Crippen LogP contribution in [0, 0.1) is 13.8 Å². The van der Waals surface area contributed by atoms with Crippen molar-refractivity contribution in [2.45, 2.75) is 20.8 Å². The number of hydrogen-bond donors (Lipinski definition) is 0.